The standard InChI is InChI=1S/C10H3F9N2O2/c11-8(12,13)5(3-21(22)23)4-1-6(9(14,15)16)20-7(2-4)10(17,18)19/h1-3H. The number of allylic oxidation sites excluding steroid dienone is 1. The number of aromatic nitrogens is 1. The molecule has 0 aliphatic heterocycles. The molecular formula is C10H3F9N2O2. The Balaban J connectivity index is 3.72. The van der Waals surface area contributed by atoms with Crippen molar-refractivity contribution in [2.45, 2.75) is 18.5 Å². The van der Waals surface area contributed by atoms with E-state index in [0.29, 0.717) is 0 Å². The molecular weight excluding hydrogens is 351 g/mol. The van der Waals surface area contributed by atoms with Gasteiger partial charge in [0, 0.05) is 0 Å². The Morgan fingerprint density at radius 2 is 1.35 bits per heavy atom. The van der Waals surface area contributed by atoms with Crippen LogP contribution in [-0.4, -0.2) is 16.1 Å². The molecule has 0 atom stereocenters. The summed E-state index contributed by atoms with van der Waals surface area (Å²) in [5.74, 6) is 0. The van der Waals surface area contributed by atoms with Gasteiger partial charge < -0.3 is 0 Å². The minimum atomic E-state index is -5.56. The Morgan fingerprint density at radius 1 is 0.957 bits per heavy atom. The molecule has 23 heavy (non-hydrogen) atoms. The molecule has 0 fully saturated rings. The normalized spacial score (nSPS) is 14.0. The van der Waals surface area contributed by atoms with Gasteiger partial charge in [-0.1, -0.05) is 0 Å². The monoisotopic (exact) mass is 354 g/mol. The molecule has 0 N–H and O–H groups in total. The molecule has 0 spiro atoms. The van der Waals surface area contributed by atoms with Crippen molar-refractivity contribution in [3.8, 4) is 0 Å². The van der Waals surface area contributed by atoms with Crippen molar-refractivity contribution >= 4 is 5.57 Å². The lowest BCUT2D eigenvalue weighted by Gasteiger charge is -2.15. The van der Waals surface area contributed by atoms with E-state index < -0.39 is 52.2 Å². The molecule has 0 aliphatic carbocycles. The van der Waals surface area contributed by atoms with Crippen molar-refractivity contribution in [3.05, 3.63) is 45.4 Å². The number of nitrogens with zero attached hydrogens (tertiary/aromatic N) is 2. The summed E-state index contributed by atoms with van der Waals surface area (Å²) in [5.41, 5.74) is -8.48. The number of pyridine rings is 1. The van der Waals surface area contributed by atoms with Crippen LogP contribution in [0.5, 0.6) is 0 Å². The van der Waals surface area contributed by atoms with Crippen LogP contribution in [0.25, 0.3) is 5.57 Å². The topological polar surface area (TPSA) is 56.0 Å². The second-order valence-corrected chi connectivity index (χ2v) is 3.95. The van der Waals surface area contributed by atoms with Crippen LogP contribution in [0.3, 0.4) is 0 Å². The molecule has 128 valence electrons. The fourth-order valence-electron chi connectivity index (χ4n) is 1.39. The van der Waals surface area contributed by atoms with Crippen molar-refractivity contribution in [1.82, 2.24) is 4.98 Å². The highest BCUT2D eigenvalue weighted by molar-refractivity contribution is 5.69. The number of rotatable bonds is 2. The molecule has 13 heteroatoms. The Kier molecular flexibility index (Phi) is 4.64. The van der Waals surface area contributed by atoms with Crippen LogP contribution in [0.4, 0.5) is 39.5 Å². The smallest absolute Gasteiger partial charge is 0.259 e. The van der Waals surface area contributed by atoms with Crippen LogP contribution in [-0.2, 0) is 12.4 Å². The summed E-state index contributed by atoms with van der Waals surface area (Å²) >= 11 is 0. The van der Waals surface area contributed by atoms with Crippen LogP contribution >= 0.6 is 0 Å². The average Bonchev–Trinajstić information content (AvgIpc) is 2.31. The minimum Gasteiger partial charge on any atom is -0.259 e. The van der Waals surface area contributed by atoms with E-state index in [-0.39, 0.29) is 12.1 Å². The third-order valence-corrected chi connectivity index (χ3v) is 2.26. The van der Waals surface area contributed by atoms with Crippen molar-refractivity contribution in [1.29, 1.82) is 0 Å². The molecule has 1 aromatic heterocycles. The molecule has 0 saturated heterocycles. The van der Waals surface area contributed by atoms with Crippen molar-refractivity contribution in [3.63, 3.8) is 0 Å². The van der Waals surface area contributed by atoms with Gasteiger partial charge in [0.25, 0.3) is 0 Å². The Morgan fingerprint density at radius 3 is 1.61 bits per heavy atom. The summed E-state index contributed by atoms with van der Waals surface area (Å²) in [5, 5.41) is 10.2. The fourth-order valence-corrected chi connectivity index (χ4v) is 1.39. The maximum Gasteiger partial charge on any atom is 0.433 e. The zero-order valence-electron chi connectivity index (χ0n) is 10.3. The van der Waals surface area contributed by atoms with Gasteiger partial charge in [0.15, 0.2) is 0 Å². The quantitative estimate of drug-likeness (QED) is 0.452. The van der Waals surface area contributed by atoms with Crippen LogP contribution in [0.15, 0.2) is 18.3 Å². The Hall–Kier alpha value is -2.34. The van der Waals surface area contributed by atoms with E-state index in [1.54, 1.807) is 0 Å². The maximum atomic E-state index is 12.7. The predicted octanol–water partition coefficient (Wildman–Crippen LogP) is 4.30. The summed E-state index contributed by atoms with van der Waals surface area (Å²) < 4.78 is 113. The zero-order chi connectivity index (χ0) is 18.2. The molecule has 0 saturated carbocycles. The molecule has 4 nitrogen and oxygen atoms in total. The lowest BCUT2D eigenvalue weighted by molar-refractivity contribution is -0.402. The lowest BCUT2D eigenvalue weighted by Crippen LogP contribution is -2.18. The number of halogens is 9. The Labute approximate surface area is 120 Å². The molecule has 0 amide bonds. The first-order chi connectivity index (χ1) is 10.1. The SMILES string of the molecule is O=[N+]([O-])C=C(c1cc(C(F)(F)F)nc(C(F)(F)F)c1)C(F)(F)F. The van der Waals surface area contributed by atoms with Gasteiger partial charge in [-0.2, -0.15) is 39.5 Å². The summed E-state index contributed by atoms with van der Waals surface area (Å²) in [6.07, 6.45) is -17.3. The van der Waals surface area contributed by atoms with Gasteiger partial charge in [-0.15, -0.1) is 0 Å². The Bertz CT molecular complexity index is 611. The van der Waals surface area contributed by atoms with Gasteiger partial charge in [0.1, 0.15) is 17.0 Å². The summed E-state index contributed by atoms with van der Waals surface area (Å²) in [7, 11) is 0. The first kappa shape index (κ1) is 18.7. The minimum absolute atomic E-state index is 0.349. The van der Waals surface area contributed by atoms with Crippen molar-refractivity contribution < 1.29 is 44.4 Å². The van der Waals surface area contributed by atoms with E-state index in [2.05, 4.69) is 4.98 Å². The fraction of sp³-hybridized carbons (Fsp3) is 0.300. The van der Waals surface area contributed by atoms with E-state index in [0.717, 1.165) is 0 Å². The van der Waals surface area contributed by atoms with Gasteiger partial charge in [0.05, 0.1) is 4.92 Å². The van der Waals surface area contributed by atoms with Gasteiger partial charge >= 0.3 is 18.5 Å². The van der Waals surface area contributed by atoms with E-state index in [1.165, 1.54) is 0 Å². The van der Waals surface area contributed by atoms with Gasteiger partial charge in [-0.3, -0.25) is 10.1 Å². The maximum absolute atomic E-state index is 12.7. The van der Waals surface area contributed by atoms with Crippen LogP contribution < -0.4 is 0 Å². The second-order valence-electron chi connectivity index (χ2n) is 3.95. The molecule has 1 rings (SSSR count). The zero-order valence-corrected chi connectivity index (χ0v) is 10.3. The second kappa shape index (κ2) is 5.70. The van der Waals surface area contributed by atoms with E-state index >= 15 is 0 Å². The van der Waals surface area contributed by atoms with Gasteiger partial charge in [-0.25, -0.2) is 4.98 Å². The van der Waals surface area contributed by atoms with E-state index in [4.69, 9.17) is 0 Å². The predicted molar refractivity (Wildman–Crippen MR) is 55.3 cm³/mol. The van der Waals surface area contributed by atoms with Crippen LogP contribution in [0.1, 0.15) is 17.0 Å². The number of hydrogen-bond acceptors (Lipinski definition) is 3. The van der Waals surface area contributed by atoms with Crippen LogP contribution in [0, 0.1) is 10.1 Å². The van der Waals surface area contributed by atoms with Gasteiger partial charge in [-0.05, 0) is 17.7 Å². The largest absolute Gasteiger partial charge is 0.433 e. The third kappa shape index (κ3) is 4.82. The molecule has 0 aliphatic rings. The van der Waals surface area contributed by atoms with E-state index in [9.17, 15) is 49.6 Å². The number of hydrogen-bond donors (Lipinski definition) is 0. The number of nitro groups is 1. The molecule has 0 aromatic carbocycles. The number of alkyl halides is 9. The summed E-state index contributed by atoms with van der Waals surface area (Å²) in [6.45, 7) is 0. The van der Waals surface area contributed by atoms with E-state index in [1.807, 2.05) is 0 Å². The average molecular weight is 354 g/mol. The molecule has 0 unspecified atom stereocenters. The molecule has 0 radical (unpaired) electrons. The molecule has 0 bridgehead atoms. The summed E-state index contributed by atoms with van der Waals surface area (Å²) in [4.78, 5) is 10.7. The summed E-state index contributed by atoms with van der Waals surface area (Å²) in [6, 6.07) is -0.698. The highest BCUT2D eigenvalue weighted by Gasteiger charge is 2.43. The highest BCUT2D eigenvalue weighted by Crippen LogP contribution is 2.39. The first-order valence-corrected chi connectivity index (χ1v) is 5.21. The van der Waals surface area contributed by atoms with Crippen molar-refractivity contribution in [2.75, 3.05) is 0 Å². The lowest BCUT2D eigenvalue weighted by atomic mass is 10.0. The third-order valence-electron chi connectivity index (χ3n) is 2.26. The van der Waals surface area contributed by atoms with Gasteiger partial charge in [0.2, 0.25) is 6.20 Å². The van der Waals surface area contributed by atoms with Crippen LogP contribution in [0.2, 0.25) is 0 Å². The highest BCUT2D eigenvalue weighted by atomic mass is 19.4. The first-order valence-electron chi connectivity index (χ1n) is 5.21. The molecule has 1 heterocycles. The van der Waals surface area contributed by atoms with Crippen molar-refractivity contribution in [2.24, 2.45) is 0 Å². The molecule has 1 aromatic rings.